The molecule has 0 aliphatic carbocycles. The van der Waals surface area contributed by atoms with E-state index >= 15 is 0 Å². The molecule has 0 saturated heterocycles. The molecule has 1 amide bonds. The van der Waals surface area contributed by atoms with E-state index in [9.17, 15) is 4.79 Å². The third-order valence-electron chi connectivity index (χ3n) is 3.87. The van der Waals surface area contributed by atoms with Crippen LogP contribution in [0, 0.1) is 0 Å². The number of amides is 1. The summed E-state index contributed by atoms with van der Waals surface area (Å²) in [7, 11) is 0. The van der Waals surface area contributed by atoms with Crippen molar-refractivity contribution in [2.45, 2.75) is 97.4 Å². The third-order valence-corrected chi connectivity index (χ3v) is 3.87. The van der Waals surface area contributed by atoms with Crippen LogP contribution < -0.4 is 5.32 Å². The van der Waals surface area contributed by atoms with Gasteiger partial charge >= 0.3 is 0 Å². The topological polar surface area (TPSA) is 29.1 Å². The van der Waals surface area contributed by atoms with Crippen LogP contribution in [0.1, 0.15) is 91.4 Å². The van der Waals surface area contributed by atoms with E-state index in [1.807, 2.05) is 0 Å². The van der Waals surface area contributed by atoms with Gasteiger partial charge in [0.15, 0.2) is 0 Å². The maximum Gasteiger partial charge on any atom is 0.246 e. The standard InChI is InChI=1S/C18H35NO/c1-5-7-8-9-10-11-12-13-14-15-17(6-2)19-18(20)16(3)4/h17H,3,5-15H2,1-2,4H3,(H,19,20). The molecular weight excluding hydrogens is 246 g/mol. The highest BCUT2D eigenvalue weighted by atomic mass is 16.1. The summed E-state index contributed by atoms with van der Waals surface area (Å²) in [6, 6.07) is 0.323. The van der Waals surface area contributed by atoms with Gasteiger partial charge in [-0.2, -0.15) is 0 Å². The van der Waals surface area contributed by atoms with E-state index in [-0.39, 0.29) is 5.91 Å². The zero-order valence-corrected chi connectivity index (χ0v) is 14.0. The van der Waals surface area contributed by atoms with Gasteiger partial charge in [0.25, 0.3) is 0 Å². The van der Waals surface area contributed by atoms with E-state index in [4.69, 9.17) is 0 Å². The molecule has 1 atom stereocenters. The Labute approximate surface area is 126 Å². The molecule has 0 aliphatic rings. The monoisotopic (exact) mass is 281 g/mol. The first kappa shape index (κ1) is 19.2. The number of carbonyl (C=O) groups is 1. The van der Waals surface area contributed by atoms with Crippen LogP contribution >= 0.6 is 0 Å². The lowest BCUT2D eigenvalue weighted by Gasteiger charge is -2.16. The van der Waals surface area contributed by atoms with E-state index in [1.54, 1.807) is 6.92 Å². The van der Waals surface area contributed by atoms with Gasteiger partial charge in [0.1, 0.15) is 0 Å². The number of hydrogen-bond acceptors (Lipinski definition) is 1. The van der Waals surface area contributed by atoms with Gasteiger partial charge in [0.2, 0.25) is 5.91 Å². The van der Waals surface area contributed by atoms with E-state index in [1.165, 1.54) is 57.8 Å². The van der Waals surface area contributed by atoms with Crippen LogP contribution in [0.3, 0.4) is 0 Å². The maximum absolute atomic E-state index is 11.6. The maximum atomic E-state index is 11.6. The van der Waals surface area contributed by atoms with Crippen molar-refractivity contribution in [1.29, 1.82) is 0 Å². The first-order chi connectivity index (χ1) is 9.61. The van der Waals surface area contributed by atoms with Crippen LogP contribution in [0.4, 0.5) is 0 Å². The van der Waals surface area contributed by atoms with Crippen LogP contribution in [-0.2, 0) is 4.79 Å². The fourth-order valence-corrected chi connectivity index (χ4v) is 2.39. The molecule has 1 N–H and O–H groups in total. The van der Waals surface area contributed by atoms with Crippen LogP contribution in [0.5, 0.6) is 0 Å². The van der Waals surface area contributed by atoms with Crippen molar-refractivity contribution in [3.63, 3.8) is 0 Å². The second-order valence-corrected chi connectivity index (χ2v) is 5.98. The molecule has 0 rings (SSSR count). The SMILES string of the molecule is C=C(C)C(=O)NC(CC)CCCCCCCCCCC. The van der Waals surface area contributed by atoms with Crippen LogP contribution in [0.25, 0.3) is 0 Å². The summed E-state index contributed by atoms with van der Waals surface area (Å²) >= 11 is 0. The Bertz CT molecular complexity index is 260. The molecular formula is C18H35NO. The number of unbranched alkanes of at least 4 members (excludes halogenated alkanes) is 8. The van der Waals surface area contributed by atoms with Gasteiger partial charge in [-0.3, -0.25) is 4.79 Å². The van der Waals surface area contributed by atoms with Crippen molar-refractivity contribution < 1.29 is 4.79 Å². The second-order valence-electron chi connectivity index (χ2n) is 5.98. The lowest BCUT2D eigenvalue weighted by molar-refractivity contribution is -0.118. The minimum absolute atomic E-state index is 0.00720. The zero-order chi connectivity index (χ0) is 15.2. The molecule has 20 heavy (non-hydrogen) atoms. The summed E-state index contributed by atoms with van der Waals surface area (Å²) in [6.45, 7) is 9.84. The molecule has 0 heterocycles. The Kier molecular flexibility index (Phi) is 12.7. The predicted octanol–water partition coefficient (Wildman–Crippen LogP) is 5.38. The van der Waals surface area contributed by atoms with Gasteiger partial charge in [0, 0.05) is 11.6 Å². The molecule has 0 aromatic carbocycles. The molecule has 2 nitrogen and oxygen atoms in total. The summed E-state index contributed by atoms with van der Waals surface area (Å²) in [5.41, 5.74) is 0.607. The molecule has 2 heteroatoms. The smallest absolute Gasteiger partial charge is 0.246 e. The van der Waals surface area contributed by atoms with Crippen LogP contribution in [-0.4, -0.2) is 11.9 Å². The summed E-state index contributed by atoms with van der Waals surface area (Å²) < 4.78 is 0. The molecule has 0 aliphatic heterocycles. The molecule has 1 unspecified atom stereocenters. The Morgan fingerprint density at radius 2 is 1.45 bits per heavy atom. The van der Waals surface area contributed by atoms with Crippen molar-refractivity contribution in [3.05, 3.63) is 12.2 Å². The lowest BCUT2D eigenvalue weighted by Crippen LogP contribution is -2.34. The quantitative estimate of drug-likeness (QED) is 0.356. The molecule has 0 saturated carbocycles. The van der Waals surface area contributed by atoms with Crippen molar-refractivity contribution >= 4 is 5.91 Å². The van der Waals surface area contributed by atoms with Gasteiger partial charge in [-0.1, -0.05) is 78.2 Å². The Morgan fingerprint density at radius 1 is 0.950 bits per heavy atom. The number of hydrogen-bond donors (Lipinski definition) is 1. The first-order valence-corrected chi connectivity index (χ1v) is 8.58. The Morgan fingerprint density at radius 3 is 1.90 bits per heavy atom. The van der Waals surface area contributed by atoms with E-state index in [0.717, 1.165) is 12.8 Å². The third kappa shape index (κ3) is 11.1. The van der Waals surface area contributed by atoms with E-state index in [2.05, 4.69) is 25.7 Å². The number of carbonyl (C=O) groups excluding carboxylic acids is 1. The molecule has 118 valence electrons. The number of nitrogens with one attached hydrogen (secondary N) is 1. The second kappa shape index (κ2) is 13.2. The van der Waals surface area contributed by atoms with Crippen molar-refractivity contribution in [3.8, 4) is 0 Å². The van der Waals surface area contributed by atoms with E-state index < -0.39 is 0 Å². The fraction of sp³-hybridized carbons (Fsp3) is 0.833. The molecule has 0 bridgehead atoms. The lowest BCUT2D eigenvalue weighted by atomic mass is 10.0. The molecule has 0 radical (unpaired) electrons. The van der Waals surface area contributed by atoms with Crippen LogP contribution in [0.2, 0.25) is 0 Å². The van der Waals surface area contributed by atoms with Crippen molar-refractivity contribution in [2.75, 3.05) is 0 Å². The van der Waals surface area contributed by atoms with Gasteiger partial charge in [-0.15, -0.1) is 0 Å². The predicted molar refractivity (Wildman–Crippen MR) is 88.9 cm³/mol. The minimum atomic E-state index is 0.00720. The molecule has 0 fully saturated rings. The van der Waals surface area contributed by atoms with Gasteiger partial charge in [-0.05, 0) is 19.8 Å². The van der Waals surface area contributed by atoms with Gasteiger partial charge < -0.3 is 5.32 Å². The van der Waals surface area contributed by atoms with Crippen molar-refractivity contribution in [2.24, 2.45) is 0 Å². The van der Waals surface area contributed by atoms with Crippen LogP contribution in [0.15, 0.2) is 12.2 Å². The molecule has 0 spiro atoms. The average Bonchev–Trinajstić information content (AvgIpc) is 2.43. The largest absolute Gasteiger partial charge is 0.350 e. The number of rotatable bonds is 13. The fourth-order valence-electron chi connectivity index (χ4n) is 2.39. The van der Waals surface area contributed by atoms with Gasteiger partial charge in [0.05, 0.1) is 0 Å². The summed E-state index contributed by atoms with van der Waals surface area (Å²) in [5.74, 6) is 0.00720. The highest BCUT2D eigenvalue weighted by Gasteiger charge is 2.09. The Hall–Kier alpha value is -0.790. The minimum Gasteiger partial charge on any atom is -0.350 e. The average molecular weight is 281 g/mol. The van der Waals surface area contributed by atoms with Gasteiger partial charge in [-0.25, -0.2) is 0 Å². The van der Waals surface area contributed by atoms with E-state index in [0.29, 0.717) is 11.6 Å². The highest BCUT2D eigenvalue weighted by Crippen LogP contribution is 2.12. The summed E-state index contributed by atoms with van der Waals surface area (Å²) in [5, 5.41) is 3.05. The first-order valence-electron chi connectivity index (χ1n) is 8.58. The zero-order valence-electron chi connectivity index (χ0n) is 14.0. The summed E-state index contributed by atoms with van der Waals surface area (Å²) in [6.07, 6.45) is 14.3. The molecule has 0 aromatic heterocycles. The Balaban J connectivity index is 3.47. The normalized spacial score (nSPS) is 12.2. The summed E-state index contributed by atoms with van der Waals surface area (Å²) in [4.78, 5) is 11.6. The molecule has 0 aromatic rings. The van der Waals surface area contributed by atoms with Crippen molar-refractivity contribution in [1.82, 2.24) is 5.32 Å². The highest BCUT2D eigenvalue weighted by molar-refractivity contribution is 5.92.